The third-order valence-corrected chi connectivity index (χ3v) is 6.79. The van der Waals surface area contributed by atoms with Crippen molar-refractivity contribution in [3.63, 3.8) is 0 Å². The second-order valence-electron chi connectivity index (χ2n) is 8.15. The van der Waals surface area contributed by atoms with Gasteiger partial charge in [-0.15, -0.1) is 0 Å². The molecule has 1 aromatic heterocycles. The van der Waals surface area contributed by atoms with Crippen molar-refractivity contribution in [2.24, 2.45) is 0 Å². The van der Waals surface area contributed by atoms with Crippen molar-refractivity contribution in [1.82, 2.24) is 4.90 Å². The zero-order valence-corrected chi connectivity index (χ0v) is 19.8. The lowest BCUT2D eigenvalue weighted by molar-refractivity contribution is 0.0714. The van der Waals surface area contributed by atoms with Crippen LogP contribution in [0.3, 0.4) is 0 Å². The third-order valence-electron chi connectivity index (χ3n) is 5.88. The molecule has 32 heavy (non-hydrogen) atoms. The molecule has 0 saturated heterocycles. The number of nitrogens with zero attached hydrogens (tertiary/aromatic N) is 1. The van der Waals surface area contributed by atoms with Crippen molar-refractivity contribution in [1.29, 1.82) is 0 Å². The van der Waals surface area contributed by atoms with Gasteiger partial charge in [0.1, 0.15) is 5.58 Å². The summed E-state index contributed by atoms with van der Waals surface area (Å²) < 4.78 is 6.91. The summed E-state index contributed by atoms with van der Waals surface area (Å²) in [7, 11) is 0. The predicted molar refractivity (Wildman–Crippen MR) is 129 cm³/mol. The Hall–Kier alpha value is -2.89. The first kappa shape index (κ1) is 21.0. The second-order valence-corrected chi connectivity index (χ2v) is 9.47. The Labute approximate surface area is 198 Å². The lowest BCUT2D eigenvalue weighted by atomic mass is 9.98. The molecule has 0 fully saturated rings. The van der Waals surface area contributed by atoms with E-state index in [-0.39, 0.29) is 17.1 Å². The lowest BCUT2D eigenvalue weighted by Crippen LogP contribution is -2.29. The Morgan fingerprint density at radius 3 is 2.50 bits per heavy atom. The number of aryl methyl sites for hydroxylation is 2. The fourth-order valence-corrected chi connectivity index (χ4v) is 4.80. The maximum Gasteiger partial charge on any atom is 0.291 e. The fraction of sp³-hybridized carbons (Fsp3) is 0.154. The summed E-state index contributed by atoms with van der Waals surface area (Å²) in [6, 6.07) is 18.5. The molecule has 1 amide bonds. The van der Waals surface area contributed by atoms with Crippen LogP contribution in [-0.2, 0) is 6.54 Å². The quantitative estimate of drug-likeness (QED) is 0.314. The van der Waals surface area contributed by atoms with Crippen LogP contribution in [-0.4, -0.2) is 10.8 Å². The summed E-state index contributed by atoms with van der Waals surface area (Å²) in [4.78, 5) is 28.9. The number of carbonyl (C=O) groups is 1. The van der Waals surface area contributed by atoms with E-state index in [0.29, 0.717) is 28.1 Å². The number of carbonyl (C=O) groups excluding carboxylic acids is 1. The van der Waals surface area contributed by atoms with Gasteiger partial charge in [-0.2, -0.15) is 0 Å². The highest BCUT2D eigenvalue weighted by Gasteiger charge is 2.42. The number of hydrogen-bond acceptors (Lipinski definition) is 3. The van der Waals surface area contributed by atoms with Gasteiger partial charge in [-0.1, -0.05) is 69.5 Å². The molecule has 1 aliphatic rings. The molecule has 0 spiro atoms. The highest BCUT2D eigenvalue weighted by molar-refractivity contribution is 9.10. The minimum Gasteiger partial charge on any atom is -0.450 e. The average Bonchev–Trinajstić information content (AvgIpc) is 3.03. The first-order chi connectivity index (χ1) is 15.3. The van der Waals surface area contributed by atoms with Gasteiger partial charge in [0, 0.05) is 16.0 Å². The van der Waals surface area contributed by atoms with Gasteiger partial charge < -0.3 is 9.32 Å². The summed E-state index contributed by atoms with van der Waals surface area (Å²) >= 11 is 9.81. The Balaban J connectivity index is 1.74. The number of rotatable bonds is 3. The smallest absolute Gasteiger partial charge is 0.291 e. The van der Waals surface area contributed by atoms with E-state index >= 15 is 0 Å². The molecule has 1 aliphatic heterocycles. The predicted octanol–water partition coefficient (Wildman–Crippen LogP) is 6.57. The summed E-state index contributed by atoms with van der Waals surface area (Å²) in [6.45, 7) is 4.22. The van der Waals surface area contributed by atoms with E-state index in [4.69, 9.17) is 16.0 Å². The Morgan fingerprint density at radius 2 is 1.78 bits per heavy atom. The molecule has 6 heteroatoms. The first-order valence-corrected chi connectivity index (χ1v) is 11.4. The van der Waals surface area contributed by atoms with Gasteiger partial charge in [0.15, 0.2) is 5.43 Å². The van der Waals surface area contributed by atoms with Crippen LogP contribution in [0.15, 0.2) is 74.3 Å². The average molecular weight is 509 g/mol. The number of fused-ring (bicyclic) bond motifs is 2. The minimum absolute atomic E-state index is 0.0984. The normalized spacial score (nSPS) is 15.4. The van der Waals surface area contributed by atoms with Crippen LogP contribution in [0.25, 0.3) is 11.0 Å². The minimum atomic E-state index is -0.558. The van der Waals surface area contributed by atoms with Gasteiger partial charge in [0.05, 0.1) is 17.0 Å². The van der Waals surface area contributed by atoms with Gasteiger partial charge >= 0.3 is 0 Å². The molecule has 0 radical (unpaired) electrons. The van der Waals surface area contributed by atoms with E-state index in [2.05, 4.69) is 15.9 Å². The lowest BCUT2D eigenvalue weighted by Gasteiger charge is -2.25. The van der Waals surface area contributed by atoms with Gasteiger partial charge in [-0.25, -0.2) is 0 Å². The zero-order chi connectivity index (χ0) is 22.6. The molecular weight excluding hydrogens is 490 g/mol. The molecule has 4 nitrogen and oxygen atoms in total. The fourth-order valence-electron chi connectivity index (χ4n) is 4.22. The molecule has 3 aromatic carbocycles. The van der Waals surface area contributed by atoms with E-state index in [0.717, 1.165) is 26.7 Å². The molecule has 5 rings (SSSR count). The van der Waals surface area contributed by atoms with Crippen LogP contribution in [0.4, 0.5) is 0 Å². The van der Waals surface area contributed by atoms with Crippen LogP contribution in [0.5, 0.6) is 0 Å². The maximum absolute atomic E-state index is 13.6. The van der Waals surface area contributed by atoms with Crippen molar-refractivity contribution in [3.05, 3.63) is 114 Å². The number of halogens is 2. The van der Waals surface area contributed by atoms with Crippen molar-refractivity contribution in [2.45, 2.75) is 26.4 Å². The molecule has 1 atom stereocenters. The molecule has 160 valence electrons. The van der Waals surface area contributed by atoms with E-state index in [9.17, 15) is 9.59 Å². The summed E-state index contributed by atoms with van der Waals surface area (Å²) in [5, 5.41) is 0.869. The highest BCUT2D eigenvalue weighted by atomic mass is 79.9. The highest BCUT2D eigenvalue weighted by Crippen LogP contribution is 2.40. The van der Waals surface area contributed by atoms with E-state index in [1.54, 1.807) is 17.0 Å². The second kappa shape index (κ2) is 7.91. The van der Waals surface area contributed by atoms with Crippen LogP contribution in [0.1, 0.15) is 44.4 Å². The van der Waals surface area contributed by atoms with Gasteiger partial charge in [0.25, 0.3) is 5.91 Å². The Morgan fingerprint density at radius 1 is 1.03 bits per heavy atom. The van der Waals surface area contributed by atoms with Crippen molar-refractivity contribution < 1.29 is 9.21 Å². The number of benzene rings is 3. The Bertz CT molecular complexity index is 1440. The zero-order valence-electron chi connectivity index (χ0n) is 17.5. The van der Waals surface area contributed by atoms with Crippen LogP contribution >= 0.6 is 27.5 Å². The summed E-state index contributed by atoms with van der Waals surface area (Å²) in [6.07, 6.45) is 0. The first-order valence-electron chi connectivity index (χ1n) is 10.2. The standard InChI is InChI=1S/C26H19BrClNO3/c1-14-6-8-16(9-7-14)13-29-23(17-4-3-5-18(27)11-17)22-24(30)19-12-20(28)15(2)10-21(19)32-25(22)26(29)31/h3-12,23H,13H2,1-2H3. The number of amides is 1. The van der Waals surface area contributed by atoms with Gasteiger partial charge in [-0.05, 0) is 54.8 Å². The van der Waals surface area contributed by atoms with Crippen LogP contribution in [0.2, 0.25) is 5.02 Å². The molecule has 0 aliphatic carbocycles. The number of hydrogen-bond donors (Lipinski definition) is 0. The molecule has 0 saturated carbocycles. The Kier molecular flexibility index (Phi) is 5.19. The largest absolute Gasteiger partial charge is 0.450 e. The van der Waals surface area contributed by atoms with Crippen LogP contribution < -0.4 is 5.43 Å². The molecule has 0 N–H and O–H groups in total. The molecule has 0 bridgehead atoms. The van der Waals surface area contributed by atoms with Gasteiger partial charge in [0.2, 0.25) is 5.76 Å². The third kappa shape index (κ3) is 3.46. The molecule has 1 unspecified atom stereocenters. The molecule has 2 heterocycles. The summed E-state index contributed by atoms with van der Waals surface area (Å²) in [5.41, 5.74) is 4.24. The van der Waals surface area contributed by atoms with Crippen molar-refractivity contribution in [2.75, 3.05) is 0 Å². The van der Waals surface area contributed by atoms with E-state index < -0.39 is 6.04 Å². The van der Waals surface area contributed by atoms with Crippen LogP contribution in [0, 0.1) is 13.8 Å². The summed E-state index contributed by atoms with van der Waals surface area (Å²) in [5.74, 6) is -0.196. The van der Waals surface area contributed by atoms with E-state index in [1.165, 1.54) is 0 Å². The maximum atomic E-state index is 13.6. The van der Waals surface area contributed by atoms with E-state index in [1.807, 2.05) is 62.4 Å². The molecular formula is C26H19BrClNO3. The topological polar surface area (TPSA) is 50.5 Å². The molecule has 4 aromatic rings. The van der Waals surface area contributed by atoms with Crippen molar-refractivity contribution >= 4 is 44.4 Å². The SMILES string of the molecule is Cc1ccc(CN2C(=O)c3oc4cc(C)c(Cl)cc4c(=O)c3C2c2cccc(Br)c2)cc1. The van der Waals surface area contributed by atoms with Gasteiger partial charge in [-0.3, -0.25) is 9.59 Å². The van der Waals surface area contributed by atoms with Crippen molar-refractivity contribution in [3.8, 4) is 0 Å². The monoisotopic (exact) mass is 507 g/mol.